The van der Waals surface area contributed by atoms with Crippen molar-refractivity contribution in [3.05, 3.63) is 16.1 Å². The summed E-state index contributed by atoms with van der Waals surface area (Å²) in [7, 11) is 0. The molecular formula is C14H27N3S. The van der Waals surface area contributed by atoms with Crippen LogP contribution >= 0.6 is 11.3 Å². The topological polar surface area (TPSA) is 50.9 Å². The van der Waals surface area contributed by atoms with Gasteiger partial charge in [-0.25, -0.2) is 4.98 Å². The van der Waals surface area contributed by atoms with Gasteiger partial charge in [0.25, 0.3) is 0 Å². The zero-order valence-corrected chi connectivity index (χ0v) is 12.9. The maximum atomic E-state index is 5.62. The van der Waals surface area contributed by atoms with Gasteiger partial charge in [-0.2, -0.15) is 0 Å². The van der Waals surface area contributed by atoms with Crippen LogP contribution in [0.1, 0.15) is 56.0 Å². The van der Waals surface area contributed by atoms with Gasteiger partial charge in [-0.3, -0.25) is 0 Å². The Kier molecular flexibility index (Phi) is 6.26. The summed E-state index contributed by atoms with van der Waals surface area (Å²) in [5.74, 6) is 0. The monoisotopic (exact) mass is 269 g/mol. The molecule has 0 bridgehead atoms. The first kappa shape index (κ1) is 15.6. The molecule has 0 aromatic carbocycles. The number of nitrogens with one attached hydrogen (secondary N) is 1. The number of hydrogen-bond acceptors (Lipinski definition) is 4. The molecule has 0 aliphatic rings. The maximum absolute atomic E-state index is 5.62. The first-order valence-corrected chi connectivity index (χ1v) is 7.62. The molecule has 104 valence electrons. The second kappa shape index (κ2) is 7.22. The van der Waals surface area contributed by atoms with E-state index in [0.717, 1.165) is 19.5 Å². The summed E-state index contributed by atoms with van der Waals surface area (Å²) in [4.78, 5) is 5.69. The fraction of sp³-hybridized carbons (Fsp3) is 0.786. The normalized spacial score (nSPS) is 13.8. The standard InChI is InChI=1S/C14H27N3S/c1-11-10-17-13(18-11)12(2)16-9-5-6-14(3,4)7-8-15/h10,12,16H,5-9,15H2,1-4H3. The Hall–Kier alpha value is -0.450. The molecule has 1 unspecified atom stereocenters. The summed E-state index contributed by atoms with van der Waals surface area (Å²) in [6, 6.07) is 0.362. The van der Waals surface area contributed by atoms with Crippen LogP contribution in [0.15, 0.2) is 6.20 Å². The third kappa shape index (κ3) is 5.46. The van der Waals surface area contributed by atoms with E-state index < -0.39 is 0 Å². The van der Waals surface area contributed by atoms with Crippen LogP contribution in [0.3, 0.4) is 0 Å². The van der Waals surface area contributed by atoms with E-state index in [1.54, 1.807) is 11.3 Å². The number of nitrogens with zero attached hydrogens (tertiary/aromatic N) is 1. The highest BCUT2D eigenvalue weighted by molar-refractivity contribution is 7.11. The van der Waals surface area contributed by atoms with Gasteiger partial charge < -0.3 is 11.1 Å². The van der Waals surface area contributed by atoms with E-state index >= 15 is 0 Å². The highest BCUT2D eigenvalue weighted by Gasteiger charge is 2.16. The molecule has 4 heteroatoms. The van der Waals surface area contributed by atoms with E-state index in [1.165, 1.54) is 22.7 Å². The van der Waals surface area contributed by atoms with Gasteiger partial charge >= 0.3 is 0 Å². The smallest absolute Gasteiger partial charge is 0.109 e. The molecular weight excluding hydrogens is 242 g/mol. The summed E-state index contributed by atoms with van der Waals surface area (Å²) in [5.41, 5.74) is 6.00. The molecule has 1 rings (SSSR count). The lowest BCUT2D eigenvalue weighted by atomic mass is 9.84. The van der Waals surface area contributed by atoms with Crippen LogP contribution in [0.25, 0.3) is 0 Å². The molecule has 0 amide bonds. The molecule has 0 radical (unpaired) electrons. The van der Waals surface area contributed by atoms with Crippen LogP contribution in [0.4, 0.5) is 0 Å². The Morgan fingerprint density at radius 3 is 2.72 bits per heavy atom. The summed E-state index contributed by atoms with van der Waals surface area (Å²) >= 11 is 1.78. The van der Waals surface area contributed by atoms with Gasteiger partial charge in [0.05, 0.1) is 6.04 Å². The lowest BCUT2D eigenvalue weighted by molar-refractivity contribution is 0.300. The minimum absolute atomic E-state index is 0.362. The number of aromatic nitrogens is 1. The second-order valence-corrected chi connectivity index (χ2v) is 7.06. The molecule has 0 aliphatic heterocycles. The third-order valence-corrected chi connectivity index (χ3v) is 4.41. The average Bonchev–Trinajstić information content (AvgIpc) is 2.71. The second-order valence-electron chi connectivity index (χ2n) is 5.79. The van der Waals surface area contributed by atoms with Crippen molar-refractivity contribution in [2.24, 2.45) is 11.1 Å². The SMILES string of the molecule is Cc1cnc(C(C)NCCCC(C)(C)CCN)s1. The third-order valence-electron chi connectivity index (χ3n) is 3.31. The number of aryl methyl sites for hydroxylation is 1. The Morgan fingerprint density at radius 1 is 1.44 bits per heavy atom. The maximum Gasteiger partial charge on any atom is 0.109 e. The van der Waals surface area contributed by atoms with Crippen molar-refractivity contribution < 1.29 is 0 Å². The van der Waals surface area contributed by atoms with Crippen molar-refractivity contribution in [3.8, 4) is 0 Å². The highest BCUT2D eigenvalue weighted by atomic mass is 32.1. The van der Waals surface area contributed by atoms with E-state index in [2.05, 4.69) is 38.0 Å². The minimum atomic E-state index is 0.362. The Morgan fingerprint density at radius 2 is 2.17 bits per heavy atom. The summed E-state index contributed by atoms with van der Waals surface area (Å²) in [6.07, 6.45) is 5.47. The van der Waals surface area contributed by atoms with Gasteiger partial charge in [-0.1, -0.05) is 13.8 Å². The zero-order chi connectivity index (χ0) is 13.6. The molecule has 1 heterocycles. The molecule has 0 saturated heterocycles. The summed E-state index contributed by atoms with van der Waals surface area (Å²) in [5, 5.41) is 4.73. The first-order valence-electron chi connectivity index (χ1n) is 6.80. The van der Waals surface area contributed by atoms with E-state index in [4.69, 9.17) is 5.73 Å². The van der Waals surface area contributed by atoms with E-state index in [1.807, 2.05) is 6.20 Å². The Labute approximate surface area is 115 Å². The Bertz CT molecular complexity index is 347. The molecule has 1 aromatic heterocycles. The van der Waals surface area contributed by atoms with Gasteiger partial charge in [-0.05, 0) is 51.6 Å². The van der Waals surface area contributed by atoms with Crippen molar-refractivity contribution in [2.45, 2.75) is 53.0 Å². The predicted octanol–water partition coefficient (Wildman–Crippen LogP) is 3.26. The van der Waals surface area contributed by atoms with E-state index in [9.17, 15) is 0 Å². The van der Waals surface area contributed by atoms with Gasteiger partial charge in [0.15, 0.2) is 0 Å². The quantitative estimate of drug-likeness (QED) is 0.712. The number of thiazole rings is 1. The lowest BCUT2D eigenvalue weighted by Crippen LogP contribution is -2.23. The molecule has 1 atom stereocenters. The number of hydrogen-bond donors (Lipinski definition) is 2. The predicted molar refractivity (Wildman–Crippen MR) is 80.0 cm³/mol. The van der Waals surface area contributed by atoms with Gasteiger partial charge in [0.2, 0.25) is 0 Å². The minimum Gasteiger partial charge on any atom is -0.330 e. The van der Waals surface area contributed by atoms with Crippen molar-refractivity contribution in [1.82, 2.24) is 10.3 Å². The van der Waals surface area contributed by atoms with Crippen molar-refractivity contribution in [3.63, 3.8) is 0 Å². The molecule has 0 aliphatic carbocycles. The average molecular weight is 269 g/mol. The molecule has 0 spiro atoms. The van der Waals surface area contributed by atoms with E-state index in [-0.39, 0.29) is 0 Å². The van der Waals surface area contributed by atoms with Crippen molar-refractivity contribution >= 4 is 11.3 Å². The molecule has 3 nitrogen and oxygen atoms in total. The highest BCUT2D eigenvalue weighted by Crippen LogP contribution is 2.26. The largest absolute Gasteiger partial charge is 0.330 e. The summed E-state index contributed by atoms with van der Waals surface area (Å²) in [6.45, 7) is 10.7. The van der Waals surface area contributed by atoms with Crippen LogP contribution < -0.4 is 11.1 Å². The number of nitrogens with two attached hydrogens (primary N) is 1. The van der Waals surface area contributed by atoms with Crippen LogP contribution in [0.2, 0.25) is 0 Å². The lowest BCUT2D eigenvalue weighted by Gasteiger charge is -2.24. The fourth-order valence-electron chi connectivity index (χ4n) is 2.06. The number of rotatable bonds is 8. The van der Waals surface area contributed by atoms with Gasteiger partial charge in [0.1, 0.15) is 5.01 Å². The molecule has 0 saturated carbocycles. The molecule has 18 heavy (non-hydrogen) atoms. The van der Waals surface area contributed by atoms with Crippen LogP contribution in [-0.2, 0) is 0 Å². The molecule has 3 N–H and O–H groups in total. The molecule has 1 aromatic rings. The van der Waals surface area contributed by atoms with Gasteiger partial charge in [-0.15, -0.1) is 11.3 Å². The zero-order valence-electron chi connectivity index (χ0n) is 12.1. The summed E-state index contributed by atoms with van der Waals surface area (Å²) < 4.78 is 0. The van der Waals surface area contributed by atoms with Crippen molar-refractivity contribution in [1.29, 1.82) is 0 Å². The van der Waals surface area contributed by atoms with Crippen LogP contribution in [-0.4, -0.2) is 18.1 Å². The first-order chi connectivity index (χ1) is 8.44. The molecule has 0 fully saturated rings. The van der Waals surface area contributed by atoms with Crippen LogP contribution in [0.5, 0.6) is 0 Å². The van der Waals surface area contributed by atoms with Crippen molar-refractivity contribution in [2.75, 3.05) is 13.1 Å². The fourth-order valence-corrected chi connectivity index (χ4v) is 2.86. The Balaban J connectivity index is 2.22. The van der Waals surface area contributed by atoms with Crippen LogP contribution in [0, 0.1) is 12.3 Å². The van der Waals surface area contributed by atoms with Gasteiger partial charge in [0, 0.05) is 11.1 Å². The van der Waals surface area contributed by atoms with E-state index in [0.29, 0.717) is 11.5 Å².